The van der Waals surface area contributed by atoms with E-state index in [1.54, 1.807) is 0 Å². The van der Waals surface area contributed by atoms with Crippen LogP contribution < -0.4 is 15.0 Å². The number of H-pyrrole nitrogens is 1. The van der Waals surface area contributed by atoms with Gasteiger partial charge >= 0.3 is 0 Å². The van der Waals surface area contributed by atoms with Crippen molar-refractivity contribution < 1.29 is 9.47 Å². The number of benzene rings is 2. The third-order valence-corrected chi connectivity index (χ3v) is 8.04. The Morgan fingerprint density at radius 2 is 1.76 bits per heavy atom. The minimum absolute atomic E-state index is 0.133. The van der Waals surface area contributed by atoms with E-state index in [1.165, 1.54) is 30.4 Å². The Hall–Kier alpha value is -3.72. The lowest BCUT2D eigenvalue weighted by molar-refractivity contribution is 0.172. The van der Waals surface area contributed by atoms with Gasteiger partial charge in [-0.05, 0) is 52.9 Å². The number of pyridine rings is 1. The molecule has 0 spiro atoms. The third-order valence-electron chi connectivity index (χ3n) is 8.04. The van der Waals surface area contributed by atoms with Gasteiger partial charge in [0.15, 0.2) is 17.3 Å². The molecule has 9 nitrogen and oxygen atoms in total. The van der Waals surface area contributed by atoms with Crippen molar-refractivity contribution in [2.75, 3.05) is 19.8 Å². The van der Waals surface area contributed by atoms with Gasteiger partial charge in [-0.25, -0.2) is 4.68 Å². The van der Waals surface area contributed by atoms with Crippen LogP contribution >= 0.6 is 0 Å². The third kappa shape index (κ3) is 4.07. The number of aromatic nitrogens is 5. The van der Waals surface area contributed by atoms with Crippen LogP contribution in [0.1, 0.15) is 66.7 Å². The second-order valence-electron chi connectivity index (χ2n) is 10.3. The first-order valence-electron chi connectivity index (χ1n) is 13.3. The number of ether oxygens (including phenoxy) is 2. The lowest BCUT2D eigenvalue weighted by Crippen LogP contribution is -2.39. The second kappa shape index (κ2) is 9.30. The molecule has 37 heavy (non-hydrogen) atoms. The minimum atomic E-state index is -0.369. The molecule has 2 aliphatic heterocycles. The monoisotopic (exact) mass is 498 g/mol. The van der Waals surface area contributed by atoms with E-state index in [4.69, 9.17) is 9.47 Å². The summed E-state index contributed by atoms with van der Waals surface area (Å²) in [5.74, 6) is 2.11. The molecule has 1 fully saturated rings. The normalized spacial score (nSPS) is 19.0. The average Bonchev–Trinajstić information content (AvgIpc) is 3.42. The van der Waals surface area contributed by atoms with E-state index in [9.17, 15) is 4.79 Å². The summed E-state index contributed by atoms with van der Waals surface area (Å²) in [5, 5.41) is 14.0. The van der Waals surface area contributed by atoms with Crippen molar-refractivity contribution in [1.82, 2.24) is 30.1 Å². The number of aromatic amines is 1. The maximum atomic E-state index is 13.7. The average molecular weight is 499 g/mol. The van der Waals surface area contributed by atoms with Crippen LogP contribution in [-0.4, -0.2) is 49.8 Å². The van der Waals surface area contributed by atoms with Gasteiger partial charge in [0.05, 0.1) is 11.6 Å². The quantitative estimate of drug-likeness (QED) is 0.455. The molecular weight excluding hydrogens is 468 g/mol. The molecule has 7 rings (SSSR count). The van der Waals surface area contributed by atoms with Crippen molar-refractivity contribution in [3.8, 4) is 11.5 Å². The molecule has 1 saturated carbocycles. The highest BCUT2D eigenvalue weighted by Gasteiger charge is 2.34. The summed E-state index contributed by atoms with van der Waals surface area (Å²) in [4.78, 5) is 19.1. The van der Waals surface area contributed by atoms with Gasteiger partial charge in [0.1, 0.15) is 19.3 Å². The summed E-state index contributed by atoms with van der Waals surface area (Å²) in [6.45, 7) is 2.57. The van der Waals surface area contributed by atoms with Crippen molar-refractivity contribution in [2.45, 2.75) is 57.2 Å². The van der Waals surface area contributed by atoms with Crippen molar-refractivity contribution in [1.29, 1.82) is 0 Å². The second-order valence-corrected chi connectivity index (χ2v) is 10.3. The molecule has 9 heteroatoms. The topological polar surface area (TPSA) is 98.2 Å². The molecule has 0 bridgehead atoms. The Bertz CT molecular complexity index is 1510. The van der Waals surface area contributed by atoms with Crippen LogP contribution in [0.4, 0.5) is 0 Å². The van der Waals surface area contributed by atoms with Gasteiger partial charge in [-0.1, -0.05) is 43.5 Å². The Labute approximate surface area is 214 Å². The molecule has 0 radical (unpaired) electrons. The van der Waals surface area contributed by atoms with E-state index < -0.39 is 0 Å². The molecule has 4 heterocycles. The molecule has 0 unspecified atom stereocenters. The number of hydrogen-bond acceptors (Lipinski definition) is 7. The molecule has 4 aromatic rings. The van der Waals surface area contributed by atoms with Gasteiger partial charge in [0.2, 0.25) is 0 Å². The van der Waals surface area contributed by atoms with Gasteiger partial charge in [0, 0.05) is 30.1 Å². The summed E-state index contributed by atoms with van der Waals surface area (Å²) in [5.41, 5.74) is 3.89. The Balaban J connectivity index is 1.36. The van der Waals surface area contributed by atoms with E-state index in [1.807, 2.05) is 22.9 Å². The molecule has 0 saturated heterocycles. The zero-order chi connectivity index (χ0) is 24.8. The highest BCUT2D eigenvalue weighted by Crippen LogP contribution is 2.37. The molecule has 0 amide bonds. The van der Waals surface area contributed by atoms with E-state index in [2.05, 4.69) is 49.7 Å². The molecule has 190 valence electrons. The van der Waals surface area contributed by atoms with E-state index in [-0.39, 0.29) is 17.6 Å². The molecule has 1 aliphatic carbocycles. The van der Waals surface area contributed by atoms with Crippen LogP contribution in [0, 0.1) is 0 Å². The highest BCUT2D eigenvalue weighted by atomic mass is 16.6. The van der Waals surface area contributed by atoms with Crippen LogP contribution in [0.5, 0.6) is 11.5 Å². The fraction of sp³-hybridized carbons (Fsp3) is 0.429. The first-order chi connectivity index (χ1) is 18.2. The first kappa shape index (κ1) is 22.5. The minimum Gasteiger partial charge on any atom is -0.486 e. The standard InChI is InChI=1S/C28H30N6O3/c35-28-22(14-20-15-24-25(16-23(20)29-28)37-13-12-36-24)26(33-11-10-18-6-4-5-7-19(18)17-33)27-30-31-32-34(27)21-8-2-1-3-9-21/h4-7,14-16,21,26H,1-3,8-13,17H2,(H,29,35)/t26-/m0/s1. The van der Waals surface area contributed by atoms with Crippen LogP contribution in [0.2, 0.25) is 0 Å². The Morgan fingerprint density at radius 3 is 2.59 bits per heavy atom. The maximum absolute atomic E-state index is 13.7. The van der Waals surface area contributed by atoms with Crippen LogP contribution in [0.15, 0.2) is 47.3 Å². The van der Waals surface area contributed by atoms with Crippen LogP contribution in [0.25, 0.3) is 10.9 Å². The van der Waals surface area contributed by atoms with E-state index in [0.717, 1.165) is 49.1 Å². The van der Waals surface area contributed by atoms with Crippen LogP contribution in [0.3, 0.4) is 0 Å². The fourth-order valence-electron chi connectivity index (χ4n) is 6.17. The van der Waals surface area contributed by atoms with E-state index in [0.29, 0.717) is 30.3 Å². The lowest BCUT2D eigenvalue weighted by Gasteiger charge is -2.35. The maximum Gasteiger partial charge on any atom is 0.253 e. The fourth-order valence-corrected chi connectivity index (χ4v) is 6.17. The SMILES string of the molecule is O=c1[nH]c2cc3c(cc2cc1[C@@H](c1nnnn1C1CCCCC1)N1CCc2ccccc2C1)OCCO3. The van der Waals surface area contributed by atoms with Crippen molar-refractivity contribution >= 4 is 10.9 Å². The van der Waals surface area contributed by atoms with E-state index >= 15 is 0 Å². The van der Waals surface area contributed by atoms with Crippen molar-refractivity contribution in [3.05, 3.63) is 75.3 Å². The molecule has 2 aromatic heterocycles. The number of fused-ring (bicyclic) bond motifs is 3. The number of nitrogens with zero attached hydrogens (tertiary/aromatic N) is 5. The van der Waals surface area contributed by atoms with Gasteiger partial charge in [-0.2, -0.15) is 0 Å². The predicted molar refractivity (Wildman–Crippen MR) is 138 cm³/mol. The van der Waals surface area contributed by atoms with Gasteiger partial charge in [0.25, 0.3) is 5.56 Å². The summed E-state index contributed by atoms with van der Waals surface area (Å²) in [6, 6.07) is 14.2. The molecule has 1 N–H and O–H groups in total. The number of nitrogens with one attached hydrogen (secondary N) is 1. The van der Waals surface area contributed by atoms with Gasteiger partial charge in [-0.3, -0.25) is 9.69 Å². The highest BCUT2D eigenvalue weighted by molar-refractivity contribution is 5.83. The molecule has 1 atom stereocenters. The largest absolute Gasteiger partial charge is 0.486 e. The number of tetrazole rings is 1. The molecule has 2 aromatic carbocycles. The lowest BCUT2D eigenvalue weighted by atomic mass is 9.94. The summed E-state index contributed by atoms with van der Waals surface area (Å²) in [7, 11) is 0. The summed E-state index contributed by atoms with van der Waals surface area (Å²) in [6.07, 6.45) is 6.64. The van der Waals surface area contributed by atoms with Crippen molar-refractivity contribution in [2.24, 2.45) is 0 Å². The summed E-state index contributed by atoms with van der Waals surface area (Å²) < 4.78 is 13.6. The number of hydrogen-bond donors (Lipinski definition) is 1. The first-order valence-corrected chi connectivity index (χ1v) is 13.3. The smallest absolute Gasteiger partial charge is 0.253 e. The Kier molecular flexibility index (Phi) is 5.65. The van der Waals surface area contributed by atoms with Gasteiger partial charge in [-0.15, -0.1) is 5.10 Å². The molecule has 3 aliphatic rings. The Morgan fingerprint density at radius 1 is 0.973 bits per heavy atom. The van der Waals surface area contributed by atoms with Crippen LogP contribution in [-0.2, 0) is 13.0 Å². The summed E-state index contributed by atoms with van der Waals surface area (Å²) >= 11 is 0. The van der Waals surface area contributed by atoms with Crippen molar-refractivity contribution in [3.63, 3.8) is 0 Å². The predicted octanol–water partition coefficient (Wildman–Crippen LogP) is 3.94. The zero-order valence-corrected chi connectivity index (χ0v) is 20.7. The molecular formula is C28H30N6O3. The number of rotatable bonds is 4. The van der Waals surface area contributed by atoms with Gasteiger partial charge < -0.3 is 14.5 Å². The zero-order valence-electron chi connectivity index (χ0n) is 20.7.